The van der Waals surface area contributed by atoms with E-state index in [0.717, 1.165) is 0 Å². The number of aliphatic carboxylic acids is 1. The Morgan fingerprint density at radius 2 is 2.14 bits per heavy atom. The first kappa shape index (κ1) is 14.8. The molecule has 0 aromatic heterocycles. The van der Waals surface area contributed by atoms with Crippen molar-refractivity contribution in [2.45, 2.75) is 18.9 Å². The Hall–Kier alpha value is -2.64. The van der Waals surface area contributed by atoms with E-state index in [9.17, 15) is 19.7 Å². The fourth-order valence-electron chi connectivity index (χ4n) is 2.09. The zero-order chi connectivity index (χ0) is 15.6. The van der Waals surface area contributed by atoms with Crippen molar-refractivity contribution in [3.63, 3.8) is 0 Å². The monoisotopic (exact) mass is 294 g/mol. The number of nitrogens with one attached hydrogen (secondary N) is 1. The molecule has 0 heterocycles. The van der Waals surface area contributed by atoms with E-state index in [1.54, 1.807) is 0 Å². The molecule has 8 nitrogen and oxygen atoms in total. The molecule has 1 aromatic carbocycles. The number of rotatable bonds is 6. The largest absolute Gasteiger partial charge is 0.496 e. The summed E-state index contributed by atoms with van der Waals surface area (Å²) in [4.78, 5) is 33.7. The van der Waals surface area contributed by atoms with Crippen molar-refractivity contribution in [1.82, 2.24) is 5.32 Å². The van der Waals surface area contributed by atoms with Gasteiger partial charge in [0.2, 0.25) is 0 Å². The summed E-state index contributed by atoms with van der Waals surface area (Å²) in [6.07, 6.45) is 1.43. The molecule has 0 spiro atoms. The van der Waals surface area contributed by atoms with Crippen LogP contribution in [-0.2, 0) is 4.79 Å². The van der Waals surface area contributed by atoms with Crippen LogP contribution in [0, 0.1) is 16.0 Å². The second kappa shape index (κ2) is 5.78. The predicted molar refractivity (Wildman–Crippen MR) is 71.3 cm³/mol. The van der Waals surface area contributed by atoms with Gasteiger partial charge < -0.3 is 15.2 Å². The lowest BCUT2D eigenvalue weighted by molar-refractivity contribution is -0.385. The summed E-state index contributed by atoms with van der Waals surface area (Å²) in [6, 6.07) is 2.93. The Morgan fingerprint density at radius 1 is 1.48 bits per heavy atom. The number of amides is 1. The Kier molecular flexibility index (Phi) is 4.06. The van der Waals surface area contributed by atoms with Crippen molar-refractivity contribution in [3.8, 4) is 5.75 Å². The van der Waals surface area contributed by atoms with Crippen molar-refractivity contribution in [2.75, 3.05) is 7.11 Å². The fourth-order valence-corrected chi connectivity index (χ4v) is 2.09. The summed E-state index contributed by atoms with van der Waals surface area (Å²) in [5, 5.41) is 22.5. The van der Waals surface area contributed by atoms with Crippen molar-refractivity contribution in [2.24, 2.45) is 5.92 Å². The topological polar surface area (TPSA) is 119 Å². The molecular weight excluding hydrogens is 280 g/mol. The van der Waals surface area contributed by atoms with Crippen LogP contribution in [0.15, 0.2) is 18.2 Å². The van der Waals surface area contributed by atoms with Crippen LogP contribution < -0.4 is 10.1 Å². The summed E-state index contributed by atoms with van der Waals surface area (Å²) in [6.45, 7) is 0. The molecule has 1 aliphatic carbocycles. The molecule has 0 bridgehead atoms. The highest BCUT2D eigenvalue weighted by Gasteiger charge is 2.38. The Morgan fingerprint density at radius 3 is 2.62 bits per heavy atom. The van der Waals surface area contributed by atoms with Gasteiger partial charge in [-0.15, -0.1) is 0 Å². The molecule has 8 heteroatoms. The van der Waals surface area contributed by atoms with Crippen LogP contribution in [-0.4, -0.2) is 35.1 Å². The Labute approximate surface area is 119 Å². The van der Waals surface area contributed by atoms with E-state index in [1.807, 2.05) is 0 Å². The predicted octanol–water partition coefficient (Wildman–Crippen LogP) is 1.20. The van der Waals surface area contributed by atoms with E-state index in [4.69, 9.17) is 9.84 Å². The molecule has 1 unspecified atom stereocenters. The summed E-state index contributed by atoms with van der Waals surface area (Å²) in [5.41, 5.74) is -0.691. The Balaban J connectivity index is 2.33. The minimum Gasteiger partial charge on any atom is -0.496 e. The van der Waals surface area contributed by atoms with Crippen LogP contribution in [0.1, 0.15) is 23.2 Å². The van der Waals surface area contributed by atoms with Crippen LogP contribution in [0.3, 0.4) is 0 Å². The number of carboxylic acids is 1. The second-order valence-electron chi connectivity index (χ2n) is 4.74. The lowest BCUT2D eigenvalue weighted by atomic mass is 10.1. The molecule has 1 aliphatic rings. The molecule has 1 atom stereocenters. The highest BCUT2D eigenvalue weighted by molar-refractivity contribution is 6.02. The number of nitro groups is 1. The van der Waals surface area contributed by atoms with E-state index in [-0.39, 0.29) is 17.2 Å². The minimum absolute atomic E-state index is 0.0293. The van der Waals surface area contributed by atoms with Gasteiger partial charge >= 0.3 is 5.97 Å². The van der Waals surface area contributed by atoms with Crippen molar-refractivity contribution in [1.29, 1.82) is 0 Å². The van der Waals surface area contributed by atoms with Gasteiger partial charge in [-0.25, -0.2) is 4.79 Å². The van der Waals surface area contributed by atoms with E-state index in [1.165, 1.54) is 25.3 Å². The van der Waals surface area contributed by atoms with E-state index >= 15 is 0 Å². The SMILES string of the molecule is COc1cccc([N+](=O)[O-])c1C(=O)NC(C(=O)O)C1CC1. The minimum atomic E-state index is -1.15. The van der Waals surface area contributed by atoms with Crippen LogP contribution in [0.2, 0.25) is 0 Å². The molecule has 1 fully saturated rings. The highest BCUT2D eigenvalue weighted by atomic mass is 16.6. The summed E-state index contributed by atoms with van der Waals surface area (Å²) >= 11 is 0. The van der Waals surface area contributed by atoms with Crippen molar-refractivity contribution >= 4 is 17.6 Å². The maximum Gasteiger partial charge on any atom is 0.326 e. The van der Waals surface area contributed by atoms with Gasteiger partial charge in [0.1, 0.15) is 11.8 Å². The molecule has 2 rings (SSSR count). The number of carbonyl (C=O) groups is 2. The lowest BCUT2D eigenvalue weighted by Crippen LogP contribution is -2.42. The number of nitro benzene ring substituents is 1. The van der Waals surface area contributed by atoms with Gasteiger partial charge in [0, 0.05) is 6.07 Å². The highest BCUT2D eigenvalue weighted by Crippen LogP contribution is 2.34. The summed E-state index contributed by atoms with van der Waals surface area (Å²) in [5.74, 6) is -2.07. The zero-order valence-electron chi connectivity index (χ0n) is 11.2. The summed E-state index contributed by atoms with van der Waals surface area (Å²) < 4.78 is 4.96. The number of carbonyl (C=O) groups excluding carboxylic acids is 1. The third-order valence-electron chi connectivity index (χ3n) is 3.29. The van der Waals surface area contributed by atoms with Gasteiger partial charge in [-0.1, -0.05) is 6.07 Å². The smallest absolute Gasteiger partial charge is 0.326 e. The number of methoxy groups -OCH3 is 1. The first-order valence-electron chi connectivity index (χ1n) is 6.30. The number of carboxylic acid groups (broad SMARTS) is 1. The molecule has 1 amide bonds. The van der Waals surface area contributed by atoms with Crippen molar-refractivity contribution in [3.05, 3.63) is 33.9 Å². The average molecular weight is 294 g/mol. The number of hydrogen-bond acceptors (Lipinski definition) is 5. The van der Waals surface area contributed by atoms with Gasteiger partial charge in [-0.3, -0.25) is 14.9 Å². The number of nitrogens with zero attached hydrogens (tertiary/aromatic N) is 1. The molecule has 1 aromatic rings. The van der Waals surface area contributed by atoms with E-state index < -0.39 is 28.5 Å². The van der Waals surface area contributed by atoms with E-state index in [0.29, 0.717) is 12.8 Å². The van der Waals surface area contributed by atoms with Crippen molar-refractivity contribution < 1.29 is 24.4 Å². The molecular formula is C13H14N2O6. The molecule has 2 N–H and O–H groups in total. The maximum absolute atomic E-state index is 12.2. The van der Waals surface area contributed by atoms with Crippen LogP contribution in [0.4, 0.5) is 5.69 Å². The number of ether oxygens (including phenoxy) is 1. The molecule has 0 radical (unpaired) electrons. The number of benzene rings is 1. The Bertz CT molecular complexity index is 596. The van der Waals surface area contributed by atoms with Gasteiger partial charge in [0.15, 0.2) is 5.56 Å². The normalized spacial score (nSPS) is 15.1. The molecule has 21 heavy (non-hydrogen) atoms. The molecule has 0 saturated heterocycles. The van der Waals surface area contributed by atoms with Gasteiger partial charge in [0.05, 0.1) is 12.0 Å². The molecule has 112 valence electrons. The molecule has 0 aliphatic heterocycles. The van der Waals surface area contributed by atoms with Gasteiger partial charge in [-0.2, -0.15) is 0 Å². The second-order valence-corrected chi connectivity index (χ2v) is 4.74. The number of hydrogen-bond donors (Lipinski definition) is 2. The molecule has 1 saturated carbocycles. The van der Waals surface area contributed by atoms with Gasteiger partial charge in [-0.05, 0) is 24.8 Å². The summed E-state index contributed by atoms with van der Waals surface area (Å²) in [7, 11) is 1.28. The first-order chi connectivity index (χ1) is 9.95. The third kappa shape index (κ3) is 3.10. The first-order valence-corrected chi connectivity index (χ1v) is 6.30. The fraction of sp³-hybridized carbons (Fsp3) is 0.385. The maximum atomic E-state index is 12.2. The van der Waals surface area contributed by atoms with Crippen LogP contribution in [0.25, 0.3) is 0 Å². The third-order valence-corrected chi connectivity index (χ3v) is 3.29. The average Bonchev–Trinajstić information content (AvgIpc) is 3.27. The standard InChI is InChI=1S/C13H14N2O6/c1-21-9-4-2-3-8(15(19)20)10(9)12(16)14-11(13(17)18)7-5-6-7/h2-4,7,11H,5-6H2,1H3,(H,14,16)(H,17,18). The lowest BCUT2D eigenvalue weighted by Gasteiger charge is -2.15. The van der Waals surface area contributed by atoms with E-state index in [2.05, 4.69) is 5.32 Å². The van der Waals surface area contributed by atoms with Crippen LogP contribution >= 0.6 is 0 Å². The quantitative estimate of drug-likeness (QED) is 0.601. The zero-order valence-corrected chi connectivity index (χ0v) is 11.2. The van der Waals surface area contributed by atoms with Crippen LogP contribution in [0.5, 0.6) is 5.75 Å². The van der Waals surface area contributed by atoms with Gasteiger partial charge in [0.25, 0.3) is 11.6 Å².